The summed E-state index contributed by atoms with van der Waals surface area (Å²) in [4.78, 5) is 4.24. The average Bonchev–Trinajstić information content (AvgIpc) is 2.71. The van der Waals surface area contributed by atoms with Crippen molar-refractivity contribution < 1.29 is 4.42 Å². The number of furan rings is 1. The molecule has 0 fully saturated rings. The smallest absolute Gasteiger partial charge is 0.147 e. The van der Waals surface area contributed by atoms with Crippen LogP contribution in [-0.2, 0) is 13.1 Å². The standard InChI is InChI=1S/C11H16N4O/c1-7-4-10(16-11(7)5-12)6-15-9(3)13-8(2)14-15/h4H,5-6,12H2,1-3H3. The Labute approximate surface area is 94.3 Å². The Morgan fingerprint density at radius 2 is 2.12 bits per heavy atom. The van der Waals surface area contributed by atoms with Crippen LogP contribution in [0.1, 0.15) is 28.7 Å². The highest BCUT2D eigenvalue weighted by Gasteiger charge is 2.09. The highest BCUT2D eigenvalue weighted by molar-refractivity contribution is 5.20. The summed E-state index contributed by atoms with van der Waals surface area (Å²) in [7, 11) is 0. The Bertz CT molecular complexity index is 498. The van der Waals surface area contributed by atoms with Crippen molar-refractivity contribution in [2.75, 3.05) is 0 Å². The quantitative estimate of drug-likeness (QED) is 0.846. The largest absolute Gasteiger partial charge is 0.462 e. The minimum Gasteiger partial charge on any atom is -0.462 e. The number of hydrogen-bond acceptors (Lipinski definition) is 4. The number of rotatable bonds is 3. The first-order valence-electron chi connectivity index (χ1n) is 5.26. The predicted octanol–water partition coefficient (Wildman–Crippen LogP) is 1.30. The van der Waals surface area contributed by atoms with E-state index in [1.54, 1.807) is 0 Å². The zero-order chi connectivity index (χ0) is 11.7. The molecule has 2 aromatic rings. The van der Waals surface area contributed by atoms with E-state index in [1.165, 1.54) is 0 Å². The van der Waals surface area contributed by atoms with Crippen molar-refractivity contribution in [1.82, 2.24) is 14.8 Å². The molecule has 0 aliphatic heterocycles. The van der Waals surface area contributed by atoms with Gasteiger partial charge < -0.3 is 10.2 Å². The van der Waals surface area contributed by atoms with Crippen LogP contribution in [0, 0.1) is 20.8 Å². The zero-order valence-corrected chi connectivity index (χ0v) is 9.82. The van der Waals surface area contributed by atoms with Crippen LogP contribution in [0.5, 0.6) is 0 Å². The summed E-state index contributed by atoms with van der Waals surface area (Å²) in [6.07, 6.45) is 0. The van der Waals surface area contributed by atoms with E-state index in [-0.39, 0.29) is 0 Å². The molecule has 0 aliphatic rings. The van der Waals surface area contributed by atoms with Gasteiger partial charge in [0.15, 0.2) is 0 Å². The summed E-state index contributed by atoms with van der Waals surface area (Å²) in [6.45, 7) is 6.84. The molecule has 0 amide bonds. The van der Waals surface area contributed by atoms with Crippen molar-refractivity contribution in [1.29, 1.82) is 0 Å². The zero-order valence-electron chi connectivity index (χ0n) is 9.82. The molecule has 0 spiro atoms. The molecule has 0 aromatic carbocycles. The van der Waals surface area contributed by atoms with Crippen molar-refractivity contribution in [3.8, 4) is 0 Å². The second-order valence-corrected chi connectivity index (χ2v) is 3.89. The van der Waals surface area contributed by atoms with Gasteiger partial charge in [-0.05, 0) is 32.4 Å². The Kier molecular flexibility index (Phi) is 2.78. The van der Waals surface area contributed by atoms with Gasteiger partial charge in [-0.3, -0.25) is 0 Å². The van der Waals surface area contributed by atoms with E-state index in [2.05, 4.69) is 10.1 Å². The third kappa shape index (κ3) is 1.99. The number of hydrogen-bond donors (Lipinski definition) is 1. The summed E-state index contributed by atoms with van der Waals surface area (Å²) in [5.41, 5.74) is 6.65. The fourth-order valence-electron chi connectivity index (χ4n) is 1.73. The summed E-state index contributed by atoms with van der Waals surface area (Å²) >= 11 is 0. The van der Waals surface area contributed by atoms with E-state index >= 15 is 0 Å². The fraction of sp³-hybridized carbons (Fsp3) is 0.455. The van der Waals surface area contributed by atoms with Gasteiger partial charge in [-0.2, -0.15) is 5.10 Å². The number of nitrogens with two attached hydrogens (primary N) is 1. The third-order valence-corrected chi connectivity index (χ3v) is 2.53. The van der Waals surface area contributed by atoms with Crippen molar-refractivity contribution in [3.63, 3.8) is 0 Å². The van der Waals surface area contributed by atoms with E-state index in [0.29, 0.717) is 13.1 Å². The first-order chi connectivity index (χ1) is 7.60. The maximum Gasteiger partial charge on any atom is 0.147 e. The van der Waals surface area contributed by atoms with Crippen LogP contribution in [0.15, 0.2) is 10.5 Å². The minimum atomic E-state index is 0.432. The molecule has 5 heteroatoms. The summed E-state index contributed by atoms with van der Waals surface area (Å²) < 4.78 is 7.45. The first kappa shape index (κ1) is 10.9. The first-order valence-corrected chi connectivity index (χ1v) is 5.26. The SMILES string of the molecule is Cc1nc(C)n(Cc2cc(C)c(CN)o2)n1. The molecular weight excluding hydrogens is 204 g/mol. The van der Waals surface area contributed by atoms with E-state index < -0.39 is 0 Å². The lowest BCUT2D eigenvalue weighted by Crippen LogP contribution is -2.03. The van der Waals surface area contributed by atoms with Crippen molar-refractivity contribution >= 4 is 0 Å². The van der Waals surface area contributed by atoms with E-state index in [9.17, 15) is 0 Å². The van der Waals surface area contributed by atoms with Crippen LogP contribution >= 0.6 is 0 Å². The Morgan fingerprint density at radius 3 is 2.62 bits per heavy atom. The van der Waals surface area contributed by atoms with Crippen LogP contribution in [0.3, 0.4) is 0 Å². The third-order valence-electron chi connectivity index (χ3n) is 2.53. The topological polar surface area (TPSA) is 69.9 Å². The Morgan fingerprint density at radius 1 is 1.38 bits per heavy atom. The van der Waals surface area contributed by atoms with Gasteiger partial charge in [0.2, 0.25) is 0 Å². The van der Waals surface area contributed by atoms with E-state index in [4.69, 9.17) is 10.2 Å². The van der Waals surface area contributed by atoms with Gasteiger partial charge in [0, 0.05) is 0 Å². The van der Waals surface area contributed by atoms with Gasteiger partial charge >= 0.3 is 0 Å². The van der Waals surface area contributed by atoms with Crippen LogP contribution in [-0.4, -0.2) is 14.8 Å². The predicted molar refractivity (Wildman–Crippen MR) is 59.9 cm³/mol. The molecule has 2 heterocycles. The molecule has 0 bridgehead atoms. The number of aryl methyl sites for hydroxylation is 3. The summed E-state index contributed by atoms with van der Waals surface area (Å²) in [5.74, 6) is 3.37. The molecule has 0 saturated carbocycles. The van der Waals surface area contributed by atoms with Crippen LogP contribution < -0.4 is 5.73 Å². The van der Waals surface area contributed by atoms with Gasteiger partial charge in [0.25, 0.3) is 0 Å². The van der Waals surface area contributed by atoms with Crippen molar-refractivity contribution in [2.24, 2.45) is 5.73 Å². The second-order valence-electron chi connectivity index (χ2n) is 3.89. The molecule has 0 aliphatic carbocycles. The molecule has 16 heavy (non-hydrogen) atoms. The molecule has 0 atom stereocenters. The molecule has 2 aromatic heterocycles. The van der Waals surface area contributed by atoms with Crippen LogP contribution in [0.25, 0.3) is 0 Å². The number of aromatic nitrogens is 3. The molecule has 5 nitrogen and oxygen atoms in total. The van der Waals surface area contributed by atoms with Gasteiger partial charge in [0.1, 0.15) is 29.7 Å². The monoisotopic (exact) mass is 220 g/mol. The molecule has 0 saturated heterocycles. The lowest BCUT2D eigenvalue weighted by Gasteiger charge is -1.99. The van der Waals surface area contributed by atoms with Gasteiger partial charge in [-0.1, -0.05) is 0 Å². The molecule has 2 rings (SSSR count). The number of nitrogens with zero attached hydrogens (tertiary/aromatic N) is 3. The Hall–Kier alpha value is -1.62. The molecular formula is C11H16N4O. The van der Waals surface area contributed by atoms with Crippen LogP contribution in [0.4, 0.5) is 0 Å². The molecule has 0 unspecified atom stereocenters. The van der Waals surface area contributed by atoms with Crippen molar-refractivity contribution in [2.45, 2.75) is 33.9 Å². The lowest BCUT2D eigenvalue weighted by molar-refractivity contribution is 0.441. The normalized spacial score (nSPS) is 11.0. The highest BCUT2D eigenvalue weighted by Crippen LogP contribution is 2.15. The molecule has 86 valence electrons. The van der Waals surface area contributed by atoms with E-state index in [1.807, 2.05) is 31.5 Å². The second kappa shape index (κ2) is 4.09. The van der Waals surface area contributed by atoms with Crippen molar-refractivity contribution in [3.05, 3.63) is 34.8 Å². The van der Waals surface area contributed by atoms with Gasteiger partial charge in [-0.15, -0.1) is 0 Å². The maximum atomic E-state index is 5.62. The lowest BCUT2D eigenvalue weighted by atomic mass is 10.2. The van der Waals surface area contributed by atoms with Gasteiger partial charge in [-0.25, -0.2) is 9.67 Å². The summed E-state index contributed by atoms with van der Waals surface area (Å²) in [6, 6.07) is 2.00. The fourth-order valence-corrected chi connectivity index (χ4v) is 1.73. The Balaban J connectivity index is 2.23. The maximum absolute atomic E-state index is 5.62. The van der Waals surface area contributed by atoms with E-state index in [0.717, 1.165) is 28.7 Å². The molecule has 2 N–H and O–H groups in total. The van der Waals surface area contributed by atoms with Crippen LogP contribution in [0.2, 0.25) is 0 Å². The van der Waals surface area contributed by atoms with Gasteiger partial charge in [0.05, 0.1) is 6.54 Å². The highest BCUT2D eigenvalue weighted by atomic mass is 16.3. The molecule has 0 radical (unpaired) electrons. The minimum absolute atomic E-state index is 0.432. The average molecular weight is 220 g/mol. The summed E-state index contributed by atoms with van der Waals surface area (Å²) in [5, 5.41) is 4.28.